The molecule has 0 spiro atoms. The largest absolute Gasteiger partial charge is 1.00 e. The third-order valence-electron chi connectivity index (χ3n) is 1.87. The predicted octanol–water partition coefficient (Wildman–Crippen LogP) is -6.10. The van der Waals surface area contributed by atoms with Crippen LogP contribution in [0.15, 0.2) is 0 Å². The predicted molar refractivity (Wildman–Crippen MR) is 37.1 cm³/mol. The van der Waals surface area contributed by atoms with Gasteiger partial charge in [0.25, 0.3) is 0 Å². The molecular weight excluding hydrogens is 191 g/mol. The van der Waals surface area contributed by atoms with E-state index in [1.54, 1.807) is 0 Å². The van der Waals surface area contributed by atoms with Crippen molar-refractivity contribution in [2.24, 2.45) is 0 Å². The van der Waals surface area contributed by atoms with Crippen molar-refractivity contribution in [2.75, 3.05) is 6.61 Å². The normalized spacial score (nSPS) is 45.5. The zero-order valence-corrected chi connectivity index (χ0v) is 9.24. The fraction of sp³-hybridized carbons (Fsp3) is 1.00. The summed E-state index contributed by atoms with van der Waals surface area (Å²) in [6, 6.07) is 0. The summed E-state index contributed by atoms with van der Waals surface area (Å²) in [6.07, 6.45) is -7.04. The van der Waals surface area contributed by atoms with Gasteiger partial charge in [-0.2, -0.15) is 0 Å². The van der Waals surface area contributed by atoms with E-state index in [0.717, 1.165) is 0 Å². The summed E-state index contributed by atoms with van der Waals surface area (Å²) in [5.41, 5.74) is 0. The number of rotatable bonds is 1. The Morgan fingerprint density at radius 1 is 1.00 bits per heavy atom. The van der Waals surface area contributed by atoms with Gasteiger partial charge in [-0.1, -0.05) is 0 Å². The summed E-state index contributed by atoms with van der Waals surface area (Å²) in [5.74, 6) is 0. The van der Waals surface area contributed by atoms with Crippen LogP contribution < -0.4 is 29.6 Å². The van der Waals surface area contributed by atoms with E-state index in [4.69, 9.17) is 25.5 Å². The molecule has 0 bridgehead atoms. The Balaban J connectivity index is 0. The van der Waals surface area contributed by atoms with Crippen LogP contribution in [0.3, 0.4) is 0 Å². The Morgan fingerprint density at radius 2 is 1.54 bits per heavy atom. The van der Waals surface area contributed by atoms with Crippen molar-refractivity contribution < 1.29 is 61.3 Å². The topological polar surface area (TPSA) is 110 Å². The van der Waals surface area contributed by atoms with Gasteiger partial charge in [-0.25, -0.2) is 0 Å². The molecule has 0 aromatic rings. The maximum atomic E-state index is 9.12. The third kappa shape index (κ3) is 2.85. The molecule has 74 valence electrons. The quantitative estimate of drug-likeness (QED) is 0.272. The molecule has 0 aliphatic carbocycles. The number of aliphatic hydroxyl groups is 5. The smallest absolute Gasteiger partial charge is 1.00 e. The van der Waals surface area contributed by atoms with Gasteiger partial charge in [0.15, 0.2) is 6.29 Å². The monoisotopic (exact) mass is 204 g/mol. The molecule has 1 aliphatic heterocycles. The molecule has 0 unspecified atom stereocenters. The van der Waals surface area contributed by atoms with Crippen LogP contribution in [-0.2, 0) is 4.74 Å². The third-order valence-corrected chi connectivity index (χ3v) is 1.87. The summed E-state index contributed by atoms with van der Waals surface area (Å²) in [4.78, 5) is 0. The minimum Gasteiger partial charge on any atom is -1.00 e. The molecule has 0 aromatic heterocycles. The second kappa shape index (κ2) is 5.59. The van der Waals surface area contributed by atoms with E-state index in [-0.39, 0.29) is 31.0 Å². The standard InChI is InChI=1S/C6H12O6.Na.H/c7-1-2-3(8)4(9)5(10)6(11)12-2;;/h2-11H,1H2;;/q;+1;-1/t2-,3+,4+,5-,6+;;/m1../s1. The van der Waals surface area contributed by atoms with Crippen LogP contribution in [0.4, 0.5) is 0 Å². The molecule has 0 aromatic carbocycles. The fourth-order valence-electron chi connectivity index (χ4n) is 1.08. The van der Waals surface area contributed by atoms with Crippen LogP contribution in [0.5, 0.6) is 0 Å². The molecule has 1 aliphatic rings. The van der Waals surface area contributed by atoms with Crippen LogP contribution in [0.1, 0.15) is 1.43 Å². The van der Waals surface area contributed by atoms with Gasteiger partial charge in [-0.3, -0.25) is 0 Å². The molecular formula is C6H13NaO6. The average molecular weight is 204 g/mol. The van der Waals surface area contributed by atoms with Gasteiger partial charge in [0.1, 0.15) is 24.4 Å². The van der Waals surface area contributed by atoms with Crippen LogP contribution in [0.2, 0.25) is 0 Å². The summed E-state index contributed by atoms with van der Waals surface area (Å²) in [7, 11) is 0. The summed E-state index contributed by atoms with van der Waals surface area (Å²) in [5, 5.41) is 44.7. The minimum atomic E-state index is -1.57. The molecule has 13 heavy (non-hydrogen) atoms. The van der Waals surface area contributed by atoms with Gasteiger partial charge in [-0.15, -0.1) is 0 Å². The molecule has 1 rings (SSSR count). The van der Waals surface area contributed by atoms with E-state index in [9.17, 15) is 0 Å². The minimum absolute atomic E-state index is 0. The summed E-state index contributed by atoms with van der Waals surface area (Å²) < 4.78 is 4.58. The first kappa shape index (κ1) is 13.8. The van der Waals surface area contributed by atoms with E-state index in [0.29, 0.717) is 0 Å². The second-order valence-electron chi connectivity index (χ2n) is 2.72. The maximum Gasteiger partial charge on any atom is 1.00 e. The Morgan fingerprint density at radius 3 is 2.00 bits per heavy atom. The molecule has 0 amide bonds. The molecule has 0 radical (unpaired) electrons. The van der Waals surface area contributed by atoms with E-state index in [1.165, 1.54) is 0 Å². The maximum absolute atomic E-state index is 9.12. The van der Waals surface area contributed by atoms with Crippen molar-refractivity contribution in [3.63, 3.8) is 0 Å². The molecule has 6 nitrogen and oxygen atoms in total. The average Bonchev–Trinajstić information content (AvgIpc) is 2.08. The molecule has 0 saturated carbocycles. The number of ether oxygens (including phenoxy) is 1. The van der Waals surface area contributed by atoms with Gasteiger partial charge in [0.05, 0.1) is 6.61 Å². The second-order valence-corrected chi connectivity index (χ2v) is 2.72. The van der Waals surface area contributed by atoms with Crippen molar-refractivity contribution in [1.29, 1.82) is 0 Å². The van der Waals surface area contributed by atoms with Crippen molar-refractivity contribution in [3.05, 3.63) is 0 Å². The van der Waals surface area contributed by atoms with Crippen molar-refractivity contribution >= 4 is 0 Å². The first-order chi connectivity index (χ1) is 5.57. The van der Waals surface area contributed by atoms with Gasteiger partial charge in [0, 0.05) is 0 Å². The van der Waals surface area contributed by atoms with Crippen LogP contribution in [0, 0.1) is 0 Å². The van der Waals surface area contributed by atoms with Crippen LogP contribution in [0.25, 0.3) is 0 Å². The SMILES string of the molecule is OC[C@H]1O[C@H](O)[C@H](O)[C@@H](O)[C@H]1O.[H-].[Na+]. The van der Waals surface area contributed by atoms with Gasteiger partial charge >= 0.3 is 29.6 Å². The first-order valence-corrected chi connectivity index (χ1v) is 3.56. The zero-order chi connectivity index (χ0) is 9.30. The fourth-order valence-corrected chi connectivity index (χ4v) is 1.08. The van der Waals surface area contributed by atoms with Crippen molar-refractivity contribution in [2.45, 2.75) is 30.7 Å². The molecule has 5 N–H and O–H groups in total. The Labute approximate surface area is 98.5 Å². The molecule has 7 heteroatoms. The van der Waals surface area contributed by atoms with Gasteiger partial charge in [-0.05, 0) is 0 Å². The van der Waals surface area contributed by atoms with Crippen LogP contribution >= 0.6 is 0 Å². The summed E-state index contributed by atoms with van der Waals surface area (Å²) >= 11 is 0. The molecule has 1 fully saturated rings. The zero-order valence-electron chi connectivity index (χ0n) is 8.24. The molecule has 1 heterocycles. The molecule has 5 atom stereocenters. The van der Waals surface area contributed by atoms with E-state index in [1.807, 2.05) is 0 Å². The van der Waals surface area contributed by atoms with Gasteiger partial charge in [0.2, 0.25) is 0 Å². The summed E-state index contributed by atoms with van der Waals surface area (Å²) in [6.45, 7) is -0.526. The van der Waals surface area contributed by atoms with Crippen LogP contribution in [-0.4, -0.2) is 62.8 Å². The first-order valence-electron chi connectivity index (χ1n) is 3.56. The van der Waals surface area contributed by atoms with Gasteiger partial charge < -0.3 is 31.7 Å². The Kier molecular flexibility index (Phi) is 5.92. The Bertz CT molecular complexity index is 157. The van der Waals surface area contributed by atoms with E-state index in [2.05, 4.69) is 4.74 Å². The van der Waals surface area contributed by atoms with E-state index < -0.39 is 37.3 Å². The Hall–Kier alpha value is 0.760. The number of hydrogen-bond acceptors (Lipinski definition) is 6. The van der Waals surface area contributed by atoms with Crippen molar-refractivity contribution in [3.8, 4) is 0 Å². The van der Waals surface area contributed by atoms with Crippen molar-refractivity contribution in [1.82, 2.24) is 0 Å². The number of hydrogen-bond donors (Lipinski definition) is 5. The molecule has 1 saturated heterocycles. The van der Waals surface area contributed by atoms with E-state index >= 15 is 0 Å². The number of aliphatic hydroxyl groups excluding tert-OH is 5.